The lowest BCUT2D eigenvalue weighted by molar-refractivity contribution is 0.301. The highest BCUT2D eigenvalue weighted by Gasteiger charge is 2.09. The molecule has 0 N–H and O–H groups in total. The van der Waals surface area contributed by atoms with Gasteiger partial charge in [-0.2, -0.15) is 5.26 Å². The summed E-state index contributed by atoms with van der Waals surface area (Å²) in [7, 11) is 0. The van der Waals surface area contributed by atoms with Gasteiger partial charge in [0.1, 0.15) is 18.2 Å². The van der Waals surface area contributed by atoms with Crippen LogP contribution in [-0.2, 0) is 6.61 Å². The fraction of sp³-hybridized carbons (Fsp3) is 0.235. The summed E-state index contributed by atoms with van der Waals surface area (Å²) in [5, 5.41) is 8.86. The van der Waals surface area contributed by atoms with Gasteiger partial charge in [0, 0.05) is 4.47 Å². The molecule has 0 radical (unpaired) electrons. The molecule has 0 fully saturated rings. The van der Waals surface area contributed by atoms with Gasteiger partial charge >= 0.3 is 0 Å². The summed E-state index contributed by atoms with van der Waals surface area (Å²) in [5.41, 5.74) is 2.03. The molecular formula is C17H15BrFNO. The van der Waals surface area contributed by atoms with Gasteiger partial charge in [-0.25, -0.2) is 4.39 Å². The molecule has 0 aliphatic carbocycles. The highest BCUT2D eigenvalue weighted by atomic mass is 79.9. The Kier molecular flexibility index (Phi) is 4.98. The van der Waals surface area contributed by atoms with Crippen LogP contribution in [0.15, 0.2) is 40.9 Å². The zero-order valence-electron chi connectivity index (χ0n) is 11.9. The molecule has 0 atom stereocenters. The first kappa shape index (κ1) is 15.5. The molecule has 0 spiro atoms. The van der Waals surface area contributed by atoms with E-state index >= 15 is 0 Å². The monoisotopic (exact) mass is 347 g/mol. The minimum absolute atomic E-state index is 0.230. The summed E-state index contributed by atoms with van der Waals surface area (Å²) >= 11 is 3.45. The van der Waals surface area contributed by atoms with Crippen LogP contribution in [0.2, 0.25) is 0 Å². The first-order chi connectivity index (χ1) is 9.99. The third-order valence-electron chi connectivity index (χ3n) is 3.07. The molecule has 108 valence electrons. The van der Waals surface area contributed by atoms with Crippen molar-refractivity contribution in [2.75, 3.05) is 0 Å². The molecule has 0 aliphatic heterocycles. The lowest BCUT2D eigenvalue weighted by Gasteiger charge is -2.14. The molecule has 4 heteroatoms. The number of nitriles is 1. The van der Waals surface area contributed by atoms with E-state index in [0.717, 1.165) is 15.8 Å². The molecular weight excluding hydrogens is 333 g/mol. The lowest BCUT2D eigenvalue weighted by atomic mass is 10.0. The van der Waals surface area contributed by atoms with E-state index in [9.17, 15) is 4.39 Å². The third kappa shape index (κ3) is 4.05. The Labute approximate surface area is 132 Å². The van der Waals surface area contributed by atoms with Crippen molar-refractivity contribution in [2.24, 2.45) is 0 Å². The Morgan fingerprint density at radius 3 is 2.67 bits per heavy atom. The summed E-state index contributed by atoms with van der Waals surface area (Å²) in [4.78, 5) is 0. The molecule has 0 unspecified atom stereocenters. The van der Waals surface area contributed by atoms with Crippen LogP contribution in [0, 0.1) is 17.1 Å². The van der Waals surface area contributed by atoms with Crippen LogP contribution >= 0.6 is 15.9 Å². The van der Waals surface area contributed by atoms with Crippen LogP contribution in [0.25, 0.3) is 0 Å². The van der Waals surface area contributed by atoms with E-state index in [1.165, 1.54) is 12.1 Å². The second-order valence-corrected chi connectivity index (χ2v) is 6.00. The van der Waals surface area contributed by atoms with E-state index in [1.54, 1.807) is 6.07 Å². The van der Waals surface area contributed by atoms with E-state index < -0.39 is 5.82 Å². The van der Waals surface area contributed by atoms with Crippen molar-refractivity contribution in [1.29, 1.82) is 5.26 Å². The van der Waals surface area contributed by atoms with Gasteiger partial charge in [-0.1, -0.05) is 29.8 Å². The Morgan fingerprint density at radius 2 is 2.00 bits per heavy atom. The van der Waals surface area contributed by atoms with E-state index in [0.29, 0.717) is 17.0 Å². The quantitative estimate of drug-likeness (QED) is 0.764. The van der Waals surface area contributed by atoms with Gasteiger partial charge in [0.2, 0.25) is 0 Å². The molecule has 2 nitrogen and oxygen atoms in total. The molecule has 0 heterocycles. The smallest absolute Gasteiger partial charge is 0.124 e. The average molecular weight is 348 g/mol. The van der Waals surface area contributed by atoms with Gasteiger partial charge in [-0.3, -0.25) is 0 Å². The largest absolute Gasteiger partial charge is 0.489 e. The van der Waals surface area contributed by atoms with Crippen molar-refractivity contribution in [1.82, 2.24) is 0 Å². The summed E-state index contributed by atoms with van der Waals surface area (Å²) in [6, 6.07) is 12.0. The molecule has 0 aromatic heterocycles. The highest BCUT2D eigenvalue weighted by Crippen LogP contribution is 2.30. The number of ether oxygens (including phenoxy) is 1. The molecule has 2 aromatic carbocycles. The van der Waals surface area contributed by atoms with Gasteiger partial charge in [0.25, 0.3) is 0 Å². The fourth-order valence-electron chi connectivity index (χ4n) is 2.06. The second-order valence-electron chi connectivity index (χ2n) is 5.09. The highest BCUT2D eigenvalue weighted by molar-refractivity contribution is 9.10. The standard InChI is InChI=1S/C17H15BrFNO/c1-11(2)16-8-14(18)3-4-17(16)21-10-13-5-12(9-20)6-15(19)7-13/h3-8,11H,10H2,1-2H3. The lowest BCUT2D eigenvalue weighted by Crippen LogP contribution is -2.01. The third-order valence-corrected chi connectivity index (χ3v) is 3.57. The molecule has 2 rings (SSSR count). The van der Waals surface area contributed by atoms with Crippen LogP contribution in [0.3, 0.4) is 0 Å². The zero-order chi connectivity index (χ0) is 15.4. The van der Waals surface area contributed by atoms with Crippen LogP contribution in [0.5, 0.6) is 5.75 Å². The first-order valence-corrected chi connectivity index (χ1v) is 7.40. The first-order valence-electron chi connectivity index (χ1n) is 6.61. The molecule has 0 amide bonds. The topological polar surface area (TPSA) is 33.0 Å². The normalized spacial score (nSPS) is 10.5. The van der Waals surface area contributed by atoms with Crippen molar-refractivity contribution >= 4 is 15.9 Å². The Bertz CT molecular complexity index is 692. The second kappa shape index (κ2) is 6.73. The maximum Gasteiger partial charge on any atom is 0.124 e. The van der Waals surface area contributed by atoms with E-state index in [-0.39, 0.29) is 6.61 Å². The zero-order valence-corrected chi connectivity index (χ0v) is 13.4. The van der Waals surface area contributed by atoms with E-state index in [2.05, 4.69) is 29.8 Å². The van der Waals surface area contributed by atoms with Crippen LogP contribution < -0.4 is 4.74 Å². The fourth-order valence-corrected chi connectivity index (χ4v) is 2.44. The SMILES string of the molecule is CC(C)c1cc(Br)ccc1OCc1cc(F)cc(C#N)c1. The van der Waals surface area contributed by atoms with Crippen molar-refractivity contribution in [3.8, 4) is 11.8 Å². The minimum atomic E-state index is -0.424. The summed E-state index contributed by atoms with van der Waals surface area (Å²) in [6.45, 7) is 4.41. The predicted octanol–water partition coefficient (Wildman–Crippen LogP) is 5.16. The van der Waals surface area contributed by atoms with Gasteiger partial charge in [-0.15, -0.1) is 0 Å². The number of hydrogen-bond acceptors (Lipinski definition) is 2. The maximum atomic E-state index is 13.4. The van der Waals surface area contributed by atoms with Gasteiger partial charge < -0.3 is 4.74 Å². The van der Waals surface area contributed by atoms with Crippen molar-refractivity contribution in [2.45, 2.75) is 26.4 Å². The maximum absolute atomic E-state index is 13.4. The van der Waals surface area contributed by atoms with Gasteiger partial charge in [0.05, 0.1) is 11.6 Å². The summed E-state index contributed by atoms with van der Waals surface area (Å²) in [6.07, 6.45) is 0. The van der Waals surface area contributed by atoms with Crippen molar-refractivity contribution in [3.63, 3.8) is 0 Å². The van der Waals surface area contributed by atoms with E-state index in [1.807, 2.05) is 24.3 Å². The van der Waals surface area contributed by atoms with E-state index in [4.69, 9.17) is 10.00 Å². The van der Waals surface area contributed by atoms with Crippen molar-refractivity contribution in [3.05, 3.63) is 63.4 Å². The molecule has 21 heavy (non-hydrogen) atoms. The molecule has 0 saturated carbocycles. The van der Waals surface area contributed by atoms with Gasteiger partial charge in [0.15, 0.2) is 0 Å². The predicted molar refractivity (Wildman–Crippen MR) is 83.7 cm³/mol. The number of benzene rings is 2. The number of rotatable bonds is 4. The molecule has 0 saturated heterocycles. The Morgan fingerprint density at radius 1 is 1.24 bits per heavy atom. The summed E-state index contributed by atoms with van der Waals surface area (Å²) in [5.74, 6) is 0.670. The Balaban J connectivity index is 2.21. The van der Waals surface area contributed by atoms with Crippen LogP contribution in [0.1, 0.15) is 36.5 Å². The summed E-state index contributed by atoms with van der Waals surface area (Å²) < 4.78 is 20.2. The number of hydrogen-bond donors (Lipinski definition) is 0. The van der Waals surface area contributed by atoms with Crippen molar-refractivity contribution < 1.29 is 9.13 Å². The Hall–Kier alpha value is -1.86. The number of nitrogens with zero attached hydrogens (tertiary/aromatic N) is 1. The number of halogens is 2. The molecule has 0 aliphatic rings. The minimum Gasteiger partial charge on any atom is -0.489 e. The van der Waals surface area contributed by atoms with Gasteiger partial charge in [-0.05, 0) is 53.4 Å². The van der Waals surface area contributed by atoms with Crippen LogP contribution in [0.4, 0.5) is 4.39 Å². The average Bonchev–Trinajstić information content (AvgIpc) is 2.45. The molecule has 0 bridgehead atoms. The molecule has 2 aromatic rings. The van der Waals surface area contributed by atoms with Crippen LogP contribution in [-0.4, -0.2) is 0 Å².